The molecule has 0 aliphatic carbocycles. The van der Waals surface area contributed by atoms with Crippen LogP contribution in [0.3, 0.4) is 0 Å². The number of nitrogens with two attached hydrogens (primary N) is 1. The molecule has 0 bridgehead atoms. The van der Waals surface area contributed by atoms with E-state index in [0.717, 1.165) is 25.4 Å². The molecule has 1 aliphatic rings. The molecule has 1 saturated heterocycles. The van der Waals surface area contributed by atoms with Gasteiger partial charge in [-0.1, -0.05) is 6.92 Å². The molecule has 1 aromatic rings. The van der Waals surface area contributed by atoms with Gasteiger partial charge in [0, 0.05) is 24.0 Å². The van der Waals surface area contributed by atoms with E-state index < -0.39 is 0 Å². The summed E-state index contributed by atoms with van der Waals surface area (Å²) < 4.78 is 0. The van der Waals surface area contributed by atoms with Crippen LogP contribution in [0.25, 0.3) is 0 Å². The van der Waals surface area contributed by atoms with E-state index in [1.807, 2.05) is 5.51 Å². The minimum Gasteiger partial charge on any atom is -0.329 e. The van der Waals surface area contributed by atoms with Crippen molar-refractivity contribution in [2.75, 3.05) is 19.6 Å². The van der Waals surface area contributed by atoms with Crippen LogP contribution in [-0.4, -0.2) is 35.6 Å². The highest BCUT2D eigenvalue weighted by Crippen LogP contribution is 2.22. The number of thiazole rings is 1. The van der Waals surface area contributed by atoms with Gasteiger partial charge >= 0.3 is 0 Å². The molecule has 0 amide bonds. The summed E-state index contributed by atoms with van der Waals surface area (Å²) >= 11 is 1.78. The van der Waals surface area contributed by atoms with Crippen molar-refractivity contribution in [1.82, 2.24) is 9.88 Å². The molecule has 4 heteroatoms. The van der Waals surface area contributed by atoms with Crippen molar-refractivity contribution in [3.05, 3.63) is 16.1 Å². The van der Waals surface area contributed by atoms with Crippen molar-refractivity contribution >= 4 is 11.3 Å². The van der Waals surface area contributed by atoms with E-state index in [-0.39, 0.29) is 0 Å². The van der Waals surface area contributed by atoms with Gasteiger partial charge in [0.05, 0.1) is 11.2 Å². The SMILES string of the molecule is Cc1ncsc1CCN1CCC(C)CC1CN. The van der Waals surface area contributed by atoms with E-state index in [1.165, 1.54) is 30.0 Å². The van der Waals surface area contributed by atoms with Gasteiger partial charge in [-0.3, -0.25) is 4.90 Å². The molecular formula is C13H23N3S. The van der Waals surface area contributed by atoms with Crippen LogP contribution in [0, 0.1) is 12.8 Å². The Hall–Kier alpha value is -0.450. The third kappa shape index (κ3) is 3.27. The normalized spacial score (nSPS) is 26.3. The predicted octanol–water partition coefficient (Wildman–Crippen LogP) is 2.05. The molecule has 2 N–H and O–H groups in total. The van der Waals surface area contributed by atoms with Crippen LogP contribution < -0.4 is 5.73 Å². The molecular weight excluding hydrogens is 230 g/mol. The third-order valence-electron chi connectivity index (χ3n) is 3.84. The molecule has 2 unspecified atom stereocenters. The van der Waals surface area contributed by atoms with E-state index >= 15 is 0 Å². The average Bonchev–Trinajstić information content (AvgIpc) is 2.73. The maximum atomic E-state index is 5.88. The Kier molecular flexibility index (Phi) is 4.54. The molecule has 3 nitrogen and oxygen atoms in total. The highest BCUT2D eigenvalue weighted by Gasteiger charge is 2.24. The van der Waals surface area contributed by atoms with Crippen molar-refractivity contribution in [2.24, 2.45) is 11.7 Å². The van der Waals surface area contributed by atoms with E-state index in [9.17, 15) is 0 Å². The lowest BCUT2D eigenvalue weighted by atomic mass is 9.92. The Morgan fingerprint density at radius 3 is 3.06 bits per heavy atom. The lowest BCUT2D eigenvalue weighted by molar-refractivity contribution is 0.124. The van der Waals surface area contributed by atoms with Gasteiger partial charge in [-0.05, 0) is 38.6 Å². The van der Waals surface area contributed by atoms with Crippen LogP contribution in [0.15, 0.2) is 5.51 Å². The lowest BCUT2D eigenvalue weighted by Crippen LogP contribution is -2.46. The average molecular weight is 253 g/mol. The quantitative estimate of drug-likeness (QED) is 0.893. The predicted molar refractivity (Wildman–Crippen MR) is 73.4 cm³/mol. The van der Waals surface area contributed by atoms with E-state index in [0.29, 0.717) is 6.04 Å². The van der Waals surface area contributed by atoms with Gasteiger partial charge in [0.1, 0.15) is 0 Å². The number of aromatic nitrogens is 1. The summed E-state index contributed by atoms with van der Waals surface area (Å²) in [5.41, 5.74) is 9.03. The summed E-state index contributed by atoms with van der Waals surface area (Å²) in [4.78, 5) is 8.31. The van der Waals surface area contributed by atoms with Gasteiger partial charge in [0.15, 0.2) is 0 Å². The molecule has 96 valence electrons. The fraction of sp³-hybridized carbons (Fsp3) is 0.769. The van der Waals surface area contributed by atoms with Crippen molar-refractivity contribution in [2.45, 2.75) is 39.2 Å². The number of piperidine rings is 1. The van der Waals surface area contributed by atoms with Crippen LogP contribution in [0.1, 0.15) is 30.3 Å². The topological polar surface area (TPSA) is 42.2 Å². The molecule has 0 saturated carbocycles. The fourth-order valence-electron chi connectivity index (χ4n) is 2.65. The highest BCUT2D eigenvalue weighted by molar-refractivity contribution is 7.09. The van der Waals surface area contributed by atoms with Crippen LogP contribution in [0.4, 0.5) is 0 Å². The maximum Gasteiger partial charge on any atom is 0.0797 e. The minimum absolute atomic E-state index is 0.590. The van der Waals surface area contributed by atoms with Crippen molar-refractivity contribution in [3.63, 3.8) is 0 Å². The standard InChI is InChI=1S/C13H23N3S/c1-10-3-5-16(12(7-10)8-14)6-4-13-11(2)15-9-17-13/h9-10,12H,3-8,14H2,1-2H3. The molecule has 2 heterocycles. The van der Waals surface area contributed by atoms with E-state index in [2.05, 4.69) is 23.7 Å². The second kappa shape index (κ2) is 5.94. The summed E-state index contributed by atoms with van der Waals surface area (Å²) in [6.07, 6.45) is 3.71. The van der Waals surface area contributed by atoms with Crippen molar-refractivity contribution in [1.29, 1.82) is 0 Å². The summed E-state index contributed by atoms with van der Waals surface area (Å²) in [7, 11) is 0. The van der Waals surface area contributed by atoms with Gasteiger partial charge in [-0.25, -0.2) is 4.98 Å². The van der Waals surface area contributed by atoms with Gasteiger partial charge in [-0.2, -0.15) is 0 Å². The molecule has 1 aliphatic heterocycles. The van der Waals surface area contributed by atoms with Crippen LogP contribution in [-0.2, 0) is 6.42 Å². The number of nitrogens with zero attached hydrogens (tertiary/aromatic N) is 2. The van der Waals surface area contributed by atoms with Crippen LogP contribution >= 0.6 is 11.3 Å². The largest absolute Gasteiger partial charge is 0.329 e. The molecule has 1 fully saturated rings. The first-order valence-corrected chi connectivity index (χ1v) is 7.41. The monoisotopic (exact) mass is 253 g/mol. The Bertz CT molecular complexity index is 350. The molecule has 17 heavy (non-hydrogen) atoms. The van der Waals surface area contributed by atoms with Crippen molar-refractivity contribution < 1.29 is 0 Å². The summed E-state index contributed by atoms with van der Waals surface area (Å²) in [6, 6.07) is 0.590. The summed E-state index contributed by atoms with van der Waals surface area (Å²) in [5.74, 6) is 0.838. The lowest BCUT2D eigenvalue weighted by Gasteiger charge is -2.37. The second-order valence-electron chi connectivity index (χ2n) is 5.17. The molecule has 0 radical (unpaired) electrons. The first kappa shape index (κ1) is 13.0. The Morgan fingerprint density at radius 1 is 1.59 bits per heavy atom. The second-order valence-corrected chi connectivity index (χ2v) is 6.11. The first-order valence-electron chi connectivity index (χ1n) is 6.53. The smallest absolute Gasteiger partial charge is 0.0797 e. The molecule has 2 rings (SSSR count). The Labute approximate surface area is 108 Å². The summed E-state index contributed by atoms with van der Waals surface area (Å²) in [5, 5.41) is 0. The highest BCUT2D eigenvalue weighted by atomic mass is 32.1. The number of aryl methyl sites for hydroxylation is 1. The number of rotatable bonds is 4. The zero-order valence-corrected chi connectivity index (χ0v) is 11.7. The van der Waals surface area contributed by atoms with E-state index in [4.69, 9.17) is 5.73 Å². The summed E-state index contributed by atoms with van der Waals surface area (Å²) in [6.45, 7) is 7.59. The van der Waals surface area contributed by atoms with Crippen LogP contribution in [0.2, 0.25) is 0 Å². The third-order valence-corrected chi connectivity index (χ3v) is 4.84. The minimum atomic E-state index is 0.590. The molecule has 0 spiro atoms. The van der Waals surface area contributed by atoms with Crippen LogP contribution in [0.5, 0.6) is 0 Å². The van der Waals surface area contributed by atoms with Gasteiger partial charge in [0.25, 0.3) is 0 Å². The number of likely N-dealkylation sites (tertiary alicyclic amines) is 1. The Balaban J connectivity index is 1.87. The first-order chi connectivity index (χ1) is 8.20. The van der Waals surface area contributed by atoms with Gasteiger partial charge in [0.2, 0.25) is 0 Å². The molecule has 2 atom stereocenters. The maximum absolute atomic E-state index is 5.88. The van der Waals surface area contributed by atoms with Crippen molar-refractivity contribution in [3.8, 4) is 0 Å². The fourth-order valence-corrected chi connectivity index (χ4v) is 3.42. The molecule has 0 aromatic carbocycles. The van der Waals surface area contributed by atoms with Gasteiger partial charge < -0.3 is 5.73 Å². The Morgan fingerprint density at radius 2 is 2.41 bits per heavy atom. The zero-order chi connectivity index (χ0) is 12.3. The zero-order valence-electron chi connectivity index (χ0n) is 10.9. The number of hydrogen-bond donors (Lipinski definition) is 1. The number of hydrogen-bond acceptors (Lipinski definition) is 4. The van der Waals surface area contributed by atoms with Gasteiger partial charge in [-0.15, -0.1) is 11.3 Å². The van der Waals surface area contributed by atoms with E-state index in [1.54, 1.807) is 11.3 Å². The molecule has 1 aromatic heterocycles.